The second-order valence-corrected chi connectivity index (χ2v) is 10.8. The van der Waals surface area contributed by atoms with Gasteiger partial charge in [0, 0.05) is 0 Å². The third-order valence-corrected chi connectivity index (χ3v) is 7.34. The van der Waals surface area contributed by atoms with Crippen LogP contribution in [-0.2, 0) is 28.7 Å². The Bertz CT molecular complexity index is 656. The number of hydrogen-bond donors (Lipinski definition) is 8. The maximum atomic E-state index is 10.6. The summed E-state index contributed by atoms with van der Waals surface area (Å²) in [7, 11) is 0. The summed E-state index contributed by atoms with van der Waals surface area (Å²) in [6.45, 7) is 0.693. The summed E-state index contributed by atoms with van der Waals surface area (Å²) in [6.07, 6.45) is -4.63. The van der Waals surface area contributed by atoms with Gasteiger partial charge in [0.05, 0.1) is 26.4 Å². The lowest BCUT2D eigenvalue weighted by Gasteiger charge is -2.46. The second kappa shape index (κ2) is 20.4. The molecule has 244 valence electrons. The van der Waals surface area contributed by atoms with E-state index in [1.807, 2.05) is 0 Å². The number of aliphatic hydroxyl groups excluding tert-OH is 8. The van der Waals surface area contributed by atoms with Gasteiger partial charge in [0.15, 0.2) is 12.6 Å². The SMILES string of the molecule is CCCCCCCCCCCCOOCC(O)CO[C@@H]1O[C@H](CO)[C@@H](O[C@@H]2O[C@H](CO)[C@H](O)[C@H](O)[C@H]2O)[C@H](O)[C@H]1O. The molecular weight excluding hydrogens is 548 g/mol. The largest absolute Gasteiger partial charge is 0.394 e. The van der Waals surface area contributed by atoms with E-state index in [2.05, 4.69) is 6.92 Å². The quantitative estimate of drug-likeness (QED) is 0.0444. The van der Waals surface area contributed by atoms with E-state index in [0.29, 0.717) is 6.61 Å². The van der Waals surface area contributed by atoms with Gasteiger partial charge < -0.3 is 59.8 Å². The molecule has 0 aromatic heterocycles. The minimum absolute atomic E-state index is 0.199. The van der Waals surface area contributed by atoms with E-state index >= 15 is 0 Å². The maximum Gasteiger partial charge on any atom is 0.187 e. The van der Waals surface area contributed by atoms with E-state index in [1.165, 1.54) is 44.9 Å². The fourth-order valence-electron chi connectivity index (χ4n) is 4.78. The van der Waals surface area contributed by atoms with Crippen molar-refractivity contribution in [3.8, 4) is 0 Å². The van der Waals surface area contributed by atoms with Crippen molar-refractivity contribution >= 4 is 0 Å². The molecule has 0 radical (unpaired) electrons. The lowest BCUT2D eigenvalue weighted by atomic mass is 9.97. The van der Waals surface area contributed by atoms with Gasteiger partial charge in [-0.15, -0.1) is 0 Å². The van der Waals surface area contributed by atoms with Gasteiger partial charge in [-0.2, -0.15) is 0 Å². The minimum Gasteiger partial charge on any atom is -0.394 e. The molecule has 2 saturated heterocycles. The zero-order valence-electron chi connectivity index (χ0n) is 24.0. The molecule has 2 rings (SSSR count). The van der Waals surface area contributed by atoms with Crippen LogP contribution >= 0.6 is 0 Å². The summed E-state index contributed by atoms with van der Waals surface area (Å²) in [5.74, 6) is 0. The number of ether oxygens (including phenoxy) is 4. The lowest BCUT2D eigenvalue weighted by molar-refractivity contribution is -0.361. The van der Waals surface area contributed by atoms with Crippen LogP contribution < -0.4 is 0 Å². The molecule has 0 saturated carbocycles. The zero-order chi connectivity index (χ0) is 30.2. The third-order valence-electron chi connectivity index (χ3n) is 7.34. The van der Waals surface area contributed by atoms with Gasteiger partial charge >= 0.3 is 0 Å². The van der Waals surface area contributed by atoms with Gasteiger partial charge in [-0.1, -0.05) is 64.7 Å². The van der Waals surface area contributed by atoms with E-state index in [4.69, 9.17) is 28.7 Å². The Balaban J connectivity index is 1.64. The monoisotopic (exact) mass is 600 g/mol. The first kappa shape index (κ1) is 36.6. The highest BCUT2D eigenvalue weighted by Gasteiger charge is 2.50. The van der Waals surface area contributed by atoms with Crippen LogP contribution in [0.15, 0.2) is 0 Å². The number of aliphatic hydroxyl groups is 8. The first-order valence-electron chi connectivity index (χ1n) is 14.9. The van der Waals surface area contributed by atoms with Crippen molar-refractivity contribution in [2.75, 3.05) is 33.0 Å². The van der Waals surface area contributed by atoms with Crippen LogP contribution in [0.3, 0.4) is 0 Å². The Hall–Kier alpha value is -0.560. The summed E-state index contributed by atoms with van der Waals surface area (Å²) in [5, 5.41) is 80.4. The molecule has 8 N–H and O–H groups in total. The van der Waals surface area contributed by atoms with E-state index in [9.17, 15) is 40.9 Å². The Morgan fingerprint density at radius 1 is 0.610 bits per heavy atom. The molecule has 2 aliphatic heterocycles. The predicted octanol–water partition coefficient (Wildman–Crippen LogP) is -1.14. The molecule has 14 nitrogen and oxygen atoms in total. The number of unbranched alkanes of at least 4 members (excludes halogenated alkanes) is 9. The minimum atomic E-state index is -1.76. The molecule has 0 bridgehead atoms. The van der Waals surface area contributed by atoms with E-state index in [1.54, 1.807) is 0 Å². The fourth-order valence-corrected chi connectivity index (χ4v) is 4.78. The summed E-state index contributed by atoms with van der Waals surface area (Å²) in [6, 6.07) is 0. The molecule has 0 aliphatic carbocycles. The standard InChI is InChI=1S/C27H52O14/c1-2-3-4-5-6-7-8-9-10-11-12-37-38-16-17(30)15-36-26-24(35)22(33)25(19(14-29)40-26)41-27-23(34)21(32)20(31)18(13-28)39-27/h17-35H,2-16H2,1H3/t17?,18-,19-,20+,21+,22-,23-,24-,25-,26-,27+/m1/s1. The third kappa shape index (κ3) is 12.2. The average molecular weight is 601 g/mol. The van der Waals surface area contributed by atoms with Crippen molar-refractivity contribution < 1.29 is 69.6 Å². The predicted molar refractivity (Wildman–Crippen MR) is 142 cm³/mol. The number of rotatable bonds is 21. The smallest absolute Gasteiger partial charge is 0.187 e. The molecule has 2 heterocycles. The van der Waals surface area contributed by atoms with Crippen LogP contribution in [0.1, 0.15) is 71.1 Å². The molecule has 41 heavy (non-hydrogen) atoms. The molecule has 0 spiro atoms. The van der Waals surface area contributed by atoms with Crippen molar-refractivity contribution in [2.45, 2.75) is 139 Å². The lowest BCUT2D eigenvalue weighted by Crippen LogP contribution is -2.64. The van der Waals surface area contributed by atoms with Crippen molar-refractivity contribution in [3.05, 3.63) is 0 Å². The molecule has 0 aromatic carbocycles. The summed E-state index contributed by atoms with van der Waals surface area (Å²) < 4.78 is 21.6. The highest BCUT2D eigenvalue weighted by molar-refractivity contribution is 4.94. The molecule has 1 unspecified atom stereocenters. The molecule has 11 atom stereocenters. The van der Waals surface area contributed by atoms with Gasteiger partial charge in [0.2, 0.25) is 0 Å². The van der Waals surface area contributed by atoms with Gasteiger partial charge in [0.1, 0.15) is 61.5 Å². The van der Waals surface area contributed by atoms with E-state index in [-0.39, 0.29) is 13.2 Å². The molecule has 0 aromatic rings. The Morgan fingerprint density at radius 3 is 1.78 bits per heavy atom. The van der Waals surface area contributed by atoms with Crippen LogP contribution in [0.4, 0.5) is 0 Å². The molecule has 0 amide bonds. The molecule has 2 fully saturated rings. The van der Waals surface area contributed by atoms with Gasteiger partial charge in [-0.25, -0.2) is 9.78 Å². The normalized spacial score (nSPS) is 35.0. The highest BCUT2D eigenvalue weighted by atomic mass is 17.2. The second-order valence-electron chi connectivity index (χ2n) is 10.8. The maximum absolute atomic E-state index is 10.6. The highest BCUT2D eigenvalue weighted by Crippen LogP contribution is 2.29. The number of hydrogen-bond acceptors (Lipinski definition) is 14. The average Bonchev–Trinajstić information content (AvgIpc) is 2.97. The van der Waals surface area contributed by atoms with Gasteiger partial charge in [0.25, 0.3) is 0 Å². The van der Waals surface area contributed by atoms with Crippen molar-refractivity contribution in [2.24, 2.45) is 0 Å². The van der Waals surface area contributed by atoms with Crippen LogP contribution in [0.2, 0.25) is 0 Å². The fraction of sp³-hybridized carbons (Fsp3) is 1.00. The Labute approximate surface area is 241 Å². The van der Waals surface area contributed by atoms with Crippen LogP contribution in [-0.4, -0.2) is 141 Å². The first-order chi connectivity index (χ1) is 19.7. The molecular formula is C27H52O14. The van der Waals surface area contributed by atoms with Crippen LogP contribution in [0.25, 0.3) is 0 Å². The van der Waals surface area contributed by atoms with E-state index in [0.717, 1.165) is 19.3 Å². The van der Waals surface area contributed by atoms with Gasteiger partial charge in [-0.05, 0) is 6.42 Å². The Kier molecular flexibility index (Phi) is 18.2. The Morgan fingerprint density at radius 2 is 1.17 bits per heavy atom. The molecule has 2 aliphatic rings. The zero-order valence-corrected chi connectivity index (χ0v) is 24.0. The van der Waals surface area contributed by atoms with E-state index < -0.39 is 80.7 Å². The summed E-state index contributed by atoms with van der Waals surface area (Å²) >= 11 is 0. The summed E-state index contributed by atoms with van der Waals surface area (Å²) in [5.41, 5.74) is 0. The van der Waals surface area contributed by atoms with Crippen molar-refractivity contribution in [1.82, 2.24) is 0 Å². The van der Waals surface area contributed by atoms with Crippen LogP contribution in [0.5, 0.6) is 0 Å². The van der Waals surface area contributed by atoms with Crippen LogP contribution in [0, 0.1) is 0 Å². The van der Waals surface area contributed by atoms with Gasteiger partial charge in [-0.3, -0.25) is 0 Å². The van der Waals surface area contributed by atoms with Crippen molar-refractivity contribution in [1.29, 1.82) is 0 Å². The topological polar surface area (TPSA) is 217 Å². The van der Waals surface area contributed by atoms with Crippen molar-refractivity contribution in [3.63, 3.8) is 0 Å². The summed E-state index contributed by atoms with van der Waals surface area (Å²) in [4.78, 5) is 10.1. The molecule has 14 heteroatoms. The first-order valence-corrected chi connectivity index (χ1v) is 14.9.